The summed E-state index contributed by atoms with van der Waals surface area (Å²) < 4.78 is 0. The van der Waals surface area contributed by atoms with Crippen molar-refractivity contribution >= 4 is 46.3 Å². The van der Waals surface area contributed by atoms with Gasteiger partial charge in [-0.2, -0.15) is 0 Å². The number of nitrogens with zero attached hydrogens (tertiary/aromatic N) is 1. The van der Waals surface area contributed by atoms with Crippen molar-refractivity contribution in [3.63, 3.8) is 0 Å². The number of Topliss-reactive ketones (excluding diaryl/α,β-unsaturated/α-hetero) is 1. The molecule has 0 radical (unpaired) electrons. The minimum absolute atomic E-state index is 0.101. The van der Waals surface area contributed by atoms with Gasteiger partial charge in [0.1, 0.15) is 10.2 Å². The Labute approximate surface area is 106 Å². The number of hydrogen-bond acceptors (Lipinski definition) is 3. The summed E-state index contributed by atoms with van der Waals surface area (Å²) in [7, 11) is 0. The first-order valence-electron chi connectivity index (χ1n) is 4.14. The highest BCUT2D eigenvalue weighted by Crippen LogP contribution is 2.20. The number of carbonyl (C=O) groups is 1. The average molecular weight is 283 g/mol. The Kier molecular flexibility index (Phi) is 4.53. The highest BCUT2D eigenvalue weighted by atomic mass is 35.5. The number of halogens is 3. The number of non-ortho nitro benzene ring substituents is 1. The lowest BCUT2D eigenvalue weighted by Gasteiger charge is -2.08. The molecule has 0 heterocycles. The Morgan fingerprint density at radius 3 is 2.06 bits per heavy atom. The Bertz CT molecular complexity index is 405. The monoisotopic (exact) mass is 281 g/mol. The molecule has 86 valence electrons. The van der Waals surface area contributed by atoms with Gasteiger partial charge in [0.15, 0.2) is 5.78 Å². The Morgan fingerprint density at radius 2 is 1.69 bits per heavy atom. The van der Waals surface area contributed by atoms with E-state index in [1.807, 2.05) is 0 Å². The van der Waals surface area contributed by atoms with Gasteiger partial charge >= 0.3 is 0 Å². The van der Waals surface area contributed by atoms with Crippen molar-refractivity contribution in [2.45, 2.75) is 10.2 Å². The van der Waals surface area contributed by atoms with Crippen molar-refractivity contribution in [3.05, 3.63) is 39.9 Å². The zero-order valence-electron chi connectivity index (χ0n) is 7.77. The van der Waals surface area contributed by atoms with Crippen molar-refractivity contribution < 1.29 is 9.72 Å². The number of ketones is 1. The van der Waals surface area contributed by atoms with Crippen LogP contribution in [0.5, 0.6) is 0 Å². The van der Waals surface area contributed by atoms with Crippen LogP contribution in [0.1, 0.15) is 10.4 Å². The molecular weight excluding hydrogens is 276 g/mol. The number of benzene rings is 1. The molecule has 0 aromatic heterocycles. The first kappa shape index (κ1) is 13.2. The number of hydrogen-bond donors (Lipinski definition) is 0. The molecule has 4 nitrogen and oxygen atoms in total. The van der Waals surface area contributed by atoms with Crippen molar-refractivity contribution in [1.82, 2.24) is 0 Å². The number of carbonyl (C=O) groups excluding carboxylic acids is 1. The number of nitro benzene ring substituents is 1. The van der Waals surface area contributed by atoms with Gasteiger partial charge in [0.25, 0.3) is 5.69 Å². The van der Waals surface area contributed by atoms with E-state index in [-0.39, 0.29) is 11.3 Å². The van der Waals surface area contributed by atoms with Gasteiger partial charge in [-0.1, -0.05) is 0 Å². The van der Waals surface area contributed by atoms with E-state index in [0.29, 0.717) is 0 Å². The third-order valence-corrected chi connectivity index (χ3v) is 3.05. The maximum Gasteiger partial charge on any atom is 0.269 e. The second-order valence-electron chi connectivity index (χ2n) is 2.90. The molecule has 1 aromatic rings. The summed E-state index contributed by atoms with van der Waals surface area (Å²) >= 11 is 16.6. The average Bonchev–Trinajstić information content (AvgIpc) is 2.27. The van der Waals surface area contributed by atoms with Crippen LogP contribution in [0.3, 0.4) is 0 Å². The predicted octanol–water partition coefficient (Wildman–Crippen LogP) is 3.19. The van der Waals surface area contributed by atoms with Gasteiger partial charge in [-0.3, -0.25) is 14.9 Å². The quantitative estimate of drug-likeness (QED) is 0.369. The van der Waals surface area contributed by atoms with Gasteiger partial charge in [-0.25, -0.2) is 0 Å². The molecule has 1 atom stereocenters. The van der Waals surface area contributed by atoms with E-state index < -0.39 is 20.9 Å². The van der Waals surface area contributed by atoms with Crippen LogP contribution in [0.15, 0.2) is 24.3 Å². The lowest BCUT2D eigenvalue weighted by atomic mass is 10.1. The maximum absolute atomic E-state index is 11.6. The zero-order chi connectivity index (χ0) is 12.3. The molecule has 0 aliphatic heterocycles. The normalized spacial score (nSPS) is 12.5. The fourth-order valence-corrected chi connectivity index (χ4v) is 1.38. The summed E-state index contributed by atoms with van der Waals surface area (Å²) in [4.78, 5) is 20.4. The van der Waals surface area contributed by atoms with Gasteiger partial charge in [-0.15, -0.1) is 34.8 Å². The summed E-state index contributed by atoms with van der Waals surface area (Å²) in [5.41, 5.74) is 0.132. The largest absolute Gasteiger partial charge is 0.292 e. The molecule has 0 fully saturated rings. The molecule has 0 spiro atoms. The molecule has 0 aliphatic carbocycles. The Hall–Kier alpha value is -0.840. The minimum Gasteiger partial charge on any atom is -0.292 e. The summed E-state index contributed by atoms with van der Waals surface area (Å²) in [6.45, 7) is 0. The van der Waals surface area contributed by atoms with Gasteiger partial charge in [-0.05, 0) is 12.1 Å². The van der Waals surface area contributed by atoms with E-state index in [9.17, 15) is 14.9 Å². The minimum atomic E-state index is -1.07. The summed E-state index contributed by atoms with van der Waals surface area (Å²) in [5, 5.41) is 9.31. The SMILES string of the molecule is O=C(c1ccc([N+](=O)[O-])cc1)C(Cl)C(Cl)Cl. The van der Waals surface area contributed by atoms with Crippen LogP contribution in [-0.2, 0) is 0 Å². The Balaban J connectivity index is 2.90. The standard InChI is InChI=1S/C9H6Cl3NO3/c10-7(9(11)12)8(14)5-1-3-6(4-2-5)13(15)16/h1-4,7,9H. The van der Waals surface area contributed by atoms with E-state index in [2.05, 4.69) is 0 Å². The molecule has 0 saturated heterocycles. The highest BCUT2D eigenvalue weighted by molar-refractivity contribution is 6.52. The number of alkyl halides is 3. The Morgan fingerprint density at radius 1 is 1.19 bits per heavy atom. The van der Waals surface area contributed by atoms with E-state index in [1.165, 1.54) is 24.3 Å². The van der Waals surface area contributed by atoms with E-state index in [1.54, 1.807) is 0 Å². The van der Waals surface area contributed by atoms with Crippen LogP contribution in [0, 0.1) is 10.1 Å². The summed E-state index contributed by atoms with van der Waals surface area (Å²) in [5.74, 6) is -0.466. The van der Waals surface area contributed by atoms with E-state index >= 15 is 0 Å². The molecule has 7 heteroatoms. The second kappa shape index (κ2) is 5.48. The zero-order valence-corrected chi connectivity index (χ0v) is 10.0. The van der Waals surface area contributed by atoms with Gasteiger partial charge in [0, 0.05) is 17.7 Å². The van der Waals surface area contributed by atoms with Crippen molar-refractivity contribution in [2.75, 3.05) is 0 Å². The fraction of sp³-hybridized carbons (Fsp3) is 0.222. The van der Waals surface area contributed by atoms with Crippen LogP contribution in [0.2, 0.25) is 0 Å². The van der Waals surface area contributed by atoms with Gasteiger partial charge < -0.3 is 0 Å². The molecule has 1 unspecified atom stereocenters. The number of nitro groups is 1. The van der Waals surface area contributed by atoms with E-state index in [0.717, 1.165) is 0 Å². The van der Waals surface area contributed by atoms with Crippen molar-refractivity contribution in [1.29, 1.82) is 0 Å². The first-order valence-corrected chi connectivity index (χ1v) is 5.45. The molecule has 1 aromatic carbocycles. The maximum atomic E-state index is 11.6. The molecule has 1 rings (SSSR count). The van der Waals surface area contributed by atoms with Crippen LogP contribution in [0.25, 0.3) is 0 Å². The molecule has 16 heavy (non-hydrogen) atoms. The lowest BCUT2D eigenvalue weighted by molar-refractivity contribution is -0.384. The van der Waals surface area contributed by atoms with Crippen LogP contribution in [-0.4, -0.2) is 20.9 Å². The lowest BCUT2D eigenvalue weighted by Crippen LogP contribution is -2.21. The van der Waals surface area contributed by atoms with Crippen molar-refractivity contribution in [3.8, 4) is 0 Å². The van der Waals surface area contributed by atoms with Gasteiger partial charge in [0.05, 0.1) is 4.92 Å². The predicted molar refractivity (Wildman–Crippen MR) is 62.6 cm³/mol. The summed E-state index contributed by atoms with van der Waals surface area (Å²) in [6.07, 6.45) is 0. The van der Waals surface area contributed by atoms with Crippen LogP contribution in [0.4, 0.5) is 5.69 Å². The van der Waals surface area contributed by atoms with Crippen LogP contribution < -0.4 is 0 Å². The third-order valence-electron chi connectivity index (χ3n) is 1.83. The summed E-state index contributed by atoms with van der Waals surface area (Å²) in [6, 6.07) is 5.06. The first-order chi connectivity index (χ1) is 7.43. The molecule has 0 aliphatic rings. The smallest absolute Gasteiger partial charge is 0.269 e. The highest BCUT2D eigenvalue weighted by Gasteiger charge is 2.24. The molecule has 0 saturated carbocycles. The molecular formula is C9H6Cl3NO3. The number of rotatable bonds is 4. The topological polar surface area (TPSA) is 60.2 Å². The van der Waals surface area contributed by atoms with E-state index in [4.69, 9.17) is 34.8 Å². The fourth-order valence-electron chi connectivity index (χ4n) is 1.02. The molecule has 0 amide bonds. The van der Waals surface area contributed by atoms with Crippen LogP contribution >= 0.6 is 34.8 Å². The molecule has 0 bridgehead atoms. The van der Waals surface area contributed by atoms with Crippen molar-refractivity contribution in [2.24, 2.45) is 0 Å². The third kappa shape index (κ3) is 3.07. The second-order valence-corrected chi connectivity index (χ2v) is 4.54. The molecule has 0 N–H and O–H groups in total. The van der Waals surface area contributed by atoms with Gasteiger partial charge in [0.2, 0.25) is 0 Å².